The second-order valence-corrected chi connectivity index (χ2v) is 9.27. The number of pyridine rings is 1. The van der Waals surface area contributed by atoms with Gasteiger partial charge in [0.05, 0.1) is 47.2 Å². The molecule has 2 aliphatic heterocycles. The molecule has 0 aliphatic carbocycles. The van der Waals surface area contributed by atoms with Crippen molar-refractivity contribution in [1.29, 1.82) is 10.5 Å². The molecule has 0 amide bonds. The van der Waals surface area contributed by atoms with Crippen molar-refractivity contribution in [1.82, 2.24) is 24.7 Å². The SMILES string of the molecule is C[C@@H]1CN(c2ccc(C#N)n3ncc(F)c23)Cc2c3ccc(C4(C#N)CCNCC4)cc3nn21. The second-order valence-electron chi connectivity index (χ2n) is 9.27. The van der Waals surface area contributed by atoms with E-state index in [0.29, 0.717) is 30.0 Å². The fourth-order valence-corrected chi connectivity index (χ4v) is 5.51. The Morgan fingerprint density at radius 3 is 2.76 bits per heavy atom. The average molecular weight is 455 g/mol. The number of halogens is 1. The third-order valence-corrected chi connectivity index (χ3v) is 7.32. The largest absolute Gasteiger partial charge is 0.362 e. The summed E-state index contributed by atoms with van der Waals surface area (Å²) >= 11 is 0. The van der Waals surface area contributed by atoms with Crippen molar-refractivity contribution >= 4 is 22.1 Å². The summed E-state index contributed by atoms with van der Waals surface area (Å²) in [5, 5.41) is 32.7. The van der Waals surface area contributed by atoms with Crippen LogP contribution in [0, 0.1) is 28.5 Å². The van der Waals surface area contributed by atoms with Crippen LogP contribution in [0.3, 0.4) is 0 Å². The smallest absolute Gasteiger partial charge is 0.171 e. The van der Waals surface area contributed by atoms with Crippen molar-refractivity contribution in [2.45, 2.75) is 37.8 Å². The summed E-state index contributed by atoms with van der Waals surface area (Å²) < 4.78 is 18.1. The van der Waals surface area contributed by atoms with E-state index >= 15 is 0 Å². The van der Waals surface area contributed by atoms with Gasteiger partial charge >= 0.3 is 0 Å². The maximum atomic E-state index is 14.7. The molecule has 34 heavy (non-hydrogen) atoms. The normalized spacial score (nSPS) is 19.6. The van der Waals surface area contributed by atoms with Crippen molar-refractivity contribution < 1.29 is 4.39 Å². The molecular formula is C25H23FN8. The summed E-state index contributed by atoms with van der Waals surface area (Å²) in [4.78, 5) is 2.12. The number of hydrogen-bond donors (Lipinski definition) is 1. The first-order chi connectivity index (χ1) is 16.5. The zero-order chi connectivity index (χ0) is 23.4. The van der Waals surface area contributed by atoms with Gasteiger partial charge in [0.2, 0.25) is 0 Å². The van der Waals surface area contributed by atoms with E-state index in [4.69, 9.17) is 5.10 Å². The molecular weight excluding hydrogens is 431 g/mol. The van der Waals surface area contributed by atoms with E-state index in [1.165, 1.54) is 4.52 Å². The van der Waals surface area contributed by atoms with Crippen LogP contribution in [0.5, 0.6) is 0 Å². The molecule has 1 saturated heterocycles. The van der Waals surface area contributed by atoms with E-state index in [1.807, 2.05) is 0 Å². The van der Waals surface area contributed by atoms with Crippen LogP contribution in [0.15, 0.2) is 36.5 Å². The Morgan fingerprint density at radius 1 is 1.18 bits per heavy atom. The molecule has 9 heteroatoms. The minimum atomic E-state index is -0.477. The predicted molar refractivity (Wildman–Crippen MR) is 125 cm³/mol. The van der Waals surface area contributed by atoms with Gasteiger partial charge in [-0.05, 0) is 56.6 Å². The van der Waals surface area contributed by atoms with Crippen LogP contribution in [-0.4, -0.2) is 39.0 Å². The fraction of sp³-hybridized carbons (Fsp3) is 0.360. The second kappa shape index (κ2) is 7.54. The van der Waals surface area contributed by atoms with Gasteiger partial charge in [-0.15, -0.1) is 0 Å². The molecule has 4 aromatic rings. The lowest BCUT2D eigenvalue weighted by Gasteiger charge is -2.34. The number of nitrogens with zero attached hydrogens (tertiary/aromatic N) is 7. The minimum Gasteiger partial charge on any atom is -0.362 e. The monoisotopic (exact) mass is 454 g/mol. The summed E-state index contributed by atoms with van der Waals surface area (Å²) in [6.45, 7) is 4.97. The molecule has 1 N–H and O–H groups in total. The van der Waals surface area contributed by atoms with Crippen molar-refractivity contribution in [3.05, 3.63) is 59.3 Å². The molecule has 1 atom stereocenters. The molecule has 5 heterocycles. The fourth-order valence-electron chi connectivity index (χ4n) is 5.51. The van der Waals surface area contributed by atoms with Gasteiger partial charge in [0.15, 0.2) is 5.82 Å². The average Bonchev–Trinajstić information content (AvgIpc) is 3.45. The van der Waals surface area contributed by atoms with E-state index in [-0.39, 0.29) is 6.04 Å². The first kappa shape index (κ1) is 20.6. The summed E-state index contributed by atoms with van der Waals surface area (Å²) in [5.41, 5.74) is 3.80. The molecule has 1 aromatic carbocycles. The van der Waals surface area contributed by atoms with E-state index in [2.05, 4.69) is 57.3 Å². The molecule has 0 saturated carbocycles. The molecule has 0 spiro atoms. The van der Waals surface area contributed by atoms with Gasteiger partial charge in [-0.1, -0.05) is 12.1 Å². The van der Waals surface area contributed by atoms with Crippen LogP contribution in [0.1, 0.15) is 42.8 Å². The van der Waals surface area contributed by atoms with Gasteiger partial charge in [0, 0.05) is 11.9 Å². The van der Waals surface area contributed by atoms with E-state index in [0.717, 1.165) is 54.3 Å². The van der Waals surface area contributed by atoms with Gasteiger partial charge in [-0.2, -0.15) is 20.7 Å². The Hall–Kier alpha value is -3.95. The Bertz CT molecular complexity index is 1510. The van der Waals surface area contributed by atoms with E-state index < -0.39 is 11.2 Å². The summed E-state index contributed by atoms with van der Waals surface area (Å²) in [7, 11) is 0. The van der Waals surface area contributed by atoms with Crippen LogP contribution >= 0.6 is 0 Å². The Balaban J connectivity index is 1.43. The first-order valence-corrected chi connectivity index (χ1v) is 11.5. The number of rotatable bonds is 2. The van der Waals surface area contributed by atoms with Gasteiger partial charge in [-0.25, -0.2) is 8.91 Å². The molecule has 3 aromatic heterocycles. The van der Waals surface area contributed by atoms with Crippen LogP contribution in [0.25, 0.3) is 16.4 Å². The predicted octanol–water partition coefficient (Wildman–Crippen LogP) is 3.42. The lowest BCUT2D eigenvalue weighted by atomic mass is 9.74. The summed E-state index contributed by atoms with van der Waals surface area (Å²) in [5.74, 6) is -0.447. The number of anilines is 1. The molecule has 0 bridgehead atoms. The quantitative estimate of drug-likeness (QED) is 0.498. The number of aromatic nitrogens is 4. The number of hydrogen-bond acceptors (Lipinski definition) is 6. The molecule has 2 aliphatic rings. The van der Waals surface area contributed by atoms with Crippen molar-refractivity contribution in [2.75, 3.05) is 24.5 Å². The van der Waals surface area contributed by atoms with Crippen LogP contribution in [-0.2, 0) is 12.0 Å². The highest BCUT2D eigenvalue weighted by atomic mass is 19.1. The van der Waals surface area contributed by atoms with Gasteiger partial charge in [-0.3, -0.25) is 4.68 Å². The zero-order valence-electron chi connectivity index (χ0n) is 18.8. The zero-order valence-corrected chi connectivity index (χ0v) is 18.8. The van der Waals surface area contributed by atoms with Gasteiger partial charge < -0.3 is 10.2 Å². The highest BCUT2D eigenvalue weighted by Crippen LogP contribution is 2.37. The number of fused-ring (bicyclic) bond motifs is 4. The molecule has 8 nitrogen and oxygen atoms in total. The van der Waals surface area contributed by atoms with Gasteiger partial charge in [0.25, 0.3) is 0 Å². The van der Waals surface area contributed by atoms with Crippen LogP contribution < -0.4 is 10.2 Å². The minimum absolute atomic E-state index is 0.0603. The maximum absolute atomic E-state index is 14.7. The number of nitriles is 2. The van der Waals surface area contributed by atoms with E-state index in [1.54, 1.807) is 12.1 Å². The number of nitrogens with one attached hydrogen (secondary N) is 1. The summed E-state index contributed by atoms with van der Waals surface area (Å²) in [6, 6.07) is 14.4. The lowest BCUT2D eigenvalue weighted by Crippen LogP contribution is -2.38. The maximum Gasteiger partial charge on any atom is 0.171 e. The van der Waals surface area contributed by atoms with Crippen molar-refractivity contribution in [2.24, 2.45) is 0 Å². The van der Waals surface area contributed by atoms with Crippen molar-refractivity contribution in [3.63, 3.8) is 0 Å². The first-order valence-electron chi connectivity index (χ1n) is 11.5. The number of piperidine rings is 1. The molecule has 0 unspecified atom stereocenters. The molecule has 170 valence electrons. The van der Waals surface area contributed by atoms with Crippen molar-refractivity contribution in [3.8, 4) is 12.1 Å². The van der Waals surface area contributed by atoms with Gasteiger partial charge in [0.1, 0.15) is 17.3 Å². The molecule has 0 radical (unpaired) electrons. The Kier molecular flexibility index (Phi) is 4.58. The highest BCUT2D eigenvalue weighted by Gasteiger charge is 2.35. The standard InChI is InChI=1S/C25H23FN8/c1-16-13-32(22-5-3-18(11-27)34-24(22)20(26)12-30-34)14-23-19-4-2-17(10-21(19)31-33(16)23)25(15-28)6-8-29-9-7-25/h2-5,10,12,16,29H,6-9,13-14H2,1H3/t16-/m1/s1. The highest BCUT2D eigenvalue weighted by molar-refractivity contribution is 5.84. The van der Waals surface area contributed by atoms with E-state index in [9.17, 15) is 14.9 Å². The molecule has 1 fully saturated rings. The van der Waals surface area contributed by atoms with Crippen LogP contribution in [0.4, 0.5) is 10.1 Å². The molecule has 6 rings (SSSR count). The third kappa shape index (κ3) is 2.91. The topological polar surface area (TPSA) is 98.0 Å². The number of benzene rings is 1. The summed E-state index contributed by atoms with van der Waals surface area (Å²) in [6.07, 6.45) is 2.73. The van der Waals surface area contributed by atoms with Crippen LogP contribution in [0.2, 0.25) is 0 Å². The Labute approximate surface area is 195 Å². The third-order valence-electron chi connectivity index (χ3n) is 7.32. The Morgan fingerprint density at radius 2 is 2.00 bits per heavy atom. The lowest BCUT2D eigenvalue weighted by molar-refractivity contribution is 0.382.